The largest absolute Gasteiger partial charge is 0.367 e. The number of pyridine rings is 1. The molecule has 1 aliphatic rings. The Labute approximate surface area is 97.4 Å². The van der Waals surface area contributed by atoms with E-state index in [2.05, 4.69) is 15.6 Å². The minimum absolute atomic E-state index is 0.0365. The zero-order valence-corrected chi connectivity index (χ0v) is 9.17. The van der Waals surface area contributed by atoms with E-state index in [9.17, 15) is 13.6 Å². The smallest absolute Gasteiger partial charge is 0.221 e. The molecule has 0 aromatic carbocycles. The Bertz CT molecular complexity index is 421. The van der Waals surface area contributed by atoms with Crippen molar-refractivity contribution in [2.24, 2.45) is 0 Å². The van der Waals surface area contributed by atoms with Crippen LogP contribution in [0, 0.1) is 11.6 Å². The predicted molar refractivity (Wildman–Crippen MR) is 58.4 cm³/mol. The van der Waals surface area contributed by atoms with Crippen LogP contribution in [0.2, 0.25) is 0 Å². The van der Waals surface area contributed by atoms with Crippen LogP contribution in [0.1, 0.15) is 19.3 Å². The summed E-state index contributed by atoms with van der Waals surface area (Å²) in [5.41, 5.74) is 0. The van der Waals surface area contributed by atoms with Gasteiger partial charge in [0.1, 0.15) is 5.82 Å². The Morgan fingerprint density at radius 2 is 2.24 bits per heavy atom. The second-order valence-electron chi connectivity index (χ2n) is 4.00. The van der Waals surface area contributed by atoms with E-state index in [1.54, 1.807) is 0 Å². The number of rotatable bonds is 5. The molecule has 1 heterocycles. The van der Waals surface area contributed by atoms with Gasteiger partial charge in [0.05, 0.1) is 6.20 Å². The van der Waals surface area contributed by atoms with Crippen molar-refractivity contribution in [1.29, 1.82) is 0 Å². The third-order valence-corrected chi connectivity index (χ3v) is 2.39. The molecule has 0 radical (unpaired) electrons. The number of nitrogens with zero attached hydrogens (tertiary/aromatic N) is 1. The molecule has 17 heavy (non-hydrogen) atoms. The molecule has 0 saturated heterocycles. The molecule has 0 spiro atoms. The third kappa shape index (κ3) is 3.65. The van der Waals surface area contributed by atoms with Gasteiger partial charge in [-0.1, -0.05) is 0 Å². The van der Waals surface area contributed by atoms with E-state index in [-0.39, 0.29) is 24.7 Å². The molecule has 1 saturated carbocycles. The molecule has 0 atom stereocenters. The highest BCUT2D eigenvalue weighted by Gasteiger charge is 2.22. The maximum atomic E-state index is 13.1. The van der Waals surface area contributed by atoms with Crippen LogP contribution in [0.3, 0.4) is 0 Å². The normalized spacial score (nSPS) is 14.5. The summed E-state index contributed by atoms with van der Waals surface area (Å²) in [5.74, 6) is -1.58. The van der Waals surface area contributed by atoms with Crippen molar-refractivity contribution in [3.8, 4) is 0 Å². The van der Waals surface area contributed by atoms with E-state index in [1.807, 2.05) is 0 Å². The average molecular weight is 241 g/mol. The predicted octanol–water partition coefficient (Wildman–Crippen LogP) is 1.44. The maximum Gasteiger partial charge on any atom is 0.221 e. The van der Waals surface area contributed by atoms with Crippen LogP contribution in [0.4, 0.5) is 14.6 Å². The molecule has 1 aliphatic carbocycles. The van der Waals surface area contributed by atoms with E-state index in [1.165, 1.54) is 0 Å². The van der Waals surface area contributed by atoms with Crippen molar-refractivity contribution >= 4 is 11.7 Å². The molecule has 2 rings (SSSR count). The van der Waals surface area contributed by atoms with Crippen molar-refractivity contribution in [1.82, 2.24) is 10.3 Å². The third-order valence-electron chi connectivity index (χ3n) is 2.39. The topological polar surface area (TPSA) is 54.0 Å². The van der Waals surface area contributed by atoms with Gasteiger partial charge >= 0.3 is 0 Å². The zero-order chi connectivity index (χ0) is 12.3. The number of nitrogens with one attached hydrogen (secondary N) is 2. The highest BCUT2D eigenvalue weighted by molar-refractivity contribution is 5.77. The number of anilines is 1. The Balaban J connectivity index is 1.75. The van der Waals surface area contributed by atoms with Crippen LogP contribution in [0.15, 0.2) is 12.3 Å². The Morgan fingerprint density at radius 1 is 1.47 bits per heavy atom. The second-order valence-corrected chi connectivity index (χ2v) is 4.00. The van der Waals surface area contributed by atoms with E-state index >= 15 is 0 Å². The van der Waals surface area contributed by atoms with E-state index in [0.717, 1.165) is 25.1 Å². The van der Waals surface area contributed by atoms with Crippen LogP contribution in [0.25, 0.3) is 0 Å². The maximum absolute atomic E-state index is 13.1. The molecular formula is C11H13F2N3O. The molecule has 0 aliphatic heterocycles. The average Bonchev–Trinajstić information content (AvgIpc) is 3.05. The molecule has 0 bridgehead atoms. The van der Waals surface area contributed by atoms with Gasteiger partial charge in [0.15, 0.2) is 11.6 Å². The molecule has 6 heteroatoms. The fourth-order valence-corrected chi connectivity index (χ4v) is 1.37. The van der Waals surface area contributed by atoms with Crippen LogP contribution < -0.4 is 10.6 Å². The van der Waals surface area contributed by atoms with Gasteiger partial charge in [-0.05, 0) is 12.8 Å². The monoisotopic (exact) mass is 241 g/mol. The van der Waals surface area contributed by atoms with Crippen LogP contribution in [0.5, 0.6) is 0 Å². The number of aromatic nitrogens is 1. The molecule has 2 N–H and O–H groups in total. The van der Waals surface area contributed by atoms with Gasteiger partial charge < -0.3 is 10.6 Å². The molecule has 4 nitrogen and oxygen atoms in total. The van der Waals surface area contributed by atoms with E-state index < -0.39 is 11.6 Å². The van der Waals surface area contributed by atoms with Gasteiger partial charge in [-0.3, -0.25) is 4.79 Å². The van der Waals surface area contributed by atoms with Crippen LogP contribution in [-0.4, -0.2) is 23.5 Å². The van der Waals surface area contributed by atoms with Crippen molar-refractivity contribution in [2.75, 3.05) is 11.9 Å². The summed E-state index contributed by atoms with van der Waals surface area (Å²) in [5, 5.41) is 5.46. The Hall–Kier alpha value is -1.72. The first-order chi connectivity index (χ1) is 8.15. The lowest BCUT2D eigenvalue weighted by atomic mass is 10.3. The SMILES string of the molecule is O=C(CCNc1ncc(F)cc1F)NC1CC1. The van der Waals surface area contributed by atoms with E-state index in [0.29, 0.717) is 6.04 Å². The van der Waals surface area contributed by atoms with Crippen molar-refractivity contribution in [3.05, 3.63) is 23.9 Å². The molecule has 92 valence electrons. The zero-order valence-electron chi connectivity index (χ0n) is 9.17. The first kappa shape index (κ1) is 11.8. The fraction of sp³-hybridized carbons (Fsp3) is 0.455. The molecule has 1 fully saturated rings. The van der Waals surface area contributed by atoms with E-state index in [4.69, 9.17) is 0 Å². The summed E-state index contributed by atoms with van der Waals surface area (Å²) in [7, 11) is 0. The fourth-order valence-electron chi connectivity index (χ4n) is 1.37. The highest BCUT2D eigenvalue weighted by Crippen LogP contribution is 2.18. The number of halogens is 2. The number of hydrogen-bond donors (Lipinski definition) is 2. The number of hydrogen-bond acceptors (Lipinski definition) is 3. The van der Waals surface area contributed by atoms with Gasteiger partial charge in [-0.2, -0.15) is 0 Å². The summed E-state index contributed by atoms with van der Waals surface area (Å²) < 4.78 is 25.7. The standard InChI is InChI=1S/C11H13F2N3O/c12-7-5-9(13)11(15-6-7)14-4-3-10(17)16-8-1-2-8/h5-6,8H,1-4H2,(H,14,15)(H,16,17). The summed E-state index contributed by atoms with van der Waals surface area (Å²) in [6.07, 6.45) is 3.24. The van der Waals surface area contributed by atoms with Crippen LogP contribution in [-0.2, 0) is 4.79 Å². The summed E-state index contributed by atoms with van der Waals surface area (Å²) in [6.45, 7) is 0.272. The molecule has 1 aromatic heterocycles. The minimum Gasteiger partial charge on any atom is -0.367 e. The summed E-state index contributed by atoms with van der Waals surface area (Å²) in [6, 6.07) is 1.07. The first-order valence-corrected chi connectivity index (χ1v) is 5.49. The summed E-state index contributed by atoms with van der Waals surface area (Å²) >= 11 is 0. The lowest BCUT2D eigenvalue weighted by molar-refractivity contribution is -0.120. The van der Waals surface area contributed by atoms with Crippen molar-refractivity contribution in [2.45, 2.75) is 25.3 Å². The van der Waals surface area contributed by atoms with Gasteiger partial charge in [-0.15, -0.1) is 0 Å². The van der Waals surface area contributed by atoms with Crippen molar-refractivity contribution in [3.63, 3.8) is 0 Å². The Kier molecular flexibility index (Phi) is 3.51. The highest BCUT2D eigenvalue weighted by atomic mass is 19.1. The molecule has 1 amide bonds. The quantitative estimate of drug-likeness (QED) is 0.820. The lowest BCUT2D eigenvalue weighted by Crippen LogP contribution is -2.27. The molecular weight excluding hydrogens is 228 g/mol. The van der Waals surface area contributed by atoms with Gasteiger partial charge in [0, 0.05) is 25.1 Å². The van der Waals surface area contributed by atoms with Crippen molar-refractivity contribution < 1.29 is 13.6 Å². The van der Waals surface area contributed by atoms with Crippen LogP contribution >= 0.6 is 0 Å². The molecule has 1 aromatic rings. The summed E-state index contributed by atoms with van der Waals surface area (Å²) in [4.78, 5) is 14.9. The first-order valence-electron chi connectivity index (χ1n) is 5.49. The Morgan fingerprint density at radius 3 is 2.88 bits per heavy atom. The minimum atomic E-state index is -0.757. The number of amides is 1. The number of carbonyl (C=O) groups is 1. The van der Waals surface area contributed by atoms with Gasteiger partial charge in [0.25, 0.3) is 0 Å². The van der Waals surface area contributed by atoms with Gasteiger partial charge in [-0.25, -0.2) is 13.8 Å². The lowest BCUT2D eigenvalue weighted by Gasteiger charge is -2.06. The second kappa shape index (κ2) is 5.07. The molecule has 0 unspecified atom stereocenters. The van der Waals surface area contributed by atoms with Gasteiger partial charge in [0.2, 0.25) is 5.91 Å². The number of carbonyl (C=O) groups excluding carboxylic acids is 1.